The molecular formula is C55H34N8. The first-order valence-electron chi connectivity index (χ1n) is 21.0. The fourth-order valence-electron chi connectivity index (χ4n) is 9.42. The Kier molecular flexibility index (Phi) is 7.74. The summed E-state index contributed by atoms with van der Waals surface area (Å²) in [5.41, 5.74) is 13.5. The summed E-state index contributed by atoms with van der Waals surface area (Å²) in [6.45, 7) is 0. The maximum atomic E-state index is 5.12. The molecule has 63 heavy (non-hydrogen) atoms. The Bertz CT molecular complexity index is 3810. The zero-order valence-electron chi connectivity index (χ0n) is 33.7. The molecule has 0 N–H and O–H groups in total. The Morgan fingerprint density at radius 3 is 1.38 bits per heavy atom. The molecule has 0 saturated carbocycles. The van der Waals surface area contributed by atoms with E-state index in [2.05, 4.69) is 135 Å². The fourth-order valence-corrected chi connectivity index (χ4v) is 9.42. The lowest BCUT2D eigenvalue weighted by molar-refractivity contribution is 0.953. The van der Waals surface area contributed by atoms with Gasteiger partial charge in [0.25, 0.3) is 0 Å². The highest BCUT2D eigenvalue weighted by Gasteiger charge is 2.20. The molecule has 0 unspecified atom stereocenters. The van der Waals surface area contributed by atoms with Crippen molar-refractivity contribution in [2.45, 2.75) is 0 Å². The summed E-state index contributed by atoms with van der Waals surface area (Å²) in [6.07, 6.45) is 5.75. The van der Waals surface area contributed by atoms with E-state index in [0.717, 1.165) is 88.4 Å². The van der Waals surface area contributed by atoms with E-state index in [9.17, 15) is 0 Å². The Labute approximate surface area is 360 Å². The monoisotopic (exact) mass is 806 g/mol. The molecule has 8 heteroatoms. The molecule has 13 aromatic rings. The summed E-state index contributed by atoms with van der Waals surface area (Å²) in [5.74, 6) is 1.83. The summed E-state index contributed by atoms with van der Waals surface area (Å²) in [6, 6.07) is 65.7. The third kappa shape index (κ3) is 5.52. The molecule has 6 aromatic heterocycles. The average Bonchev–Trinajstić information content (AvgIpc) is 4.00. The lowest BCUT2D eigenvalue weighted by atomic mass is 10.0. The van der Waals surface area contributed by atoms with Gasteiger partial charge in [0.15, 0.2) is 11.6 Å². The number of benzene rings is 7. The van der Waals surface area contributed by atoms with Crippen LogP contribution in [0.4, 0.5) is 0 Å². The molecule has 0 aliphatic rings. The summed E-state index contributed by atoms with van der Waals surface area (Å²) < 4.78 is 6.76. The van der Waals surface area contributed by atoms with Crippen LogP contribution in [-0.2, 0) is 0 Å². The second-order valence-corrected chi connectivity index (χ2v) is 15.8. The zero-order chi connectivity index (χ0) is 41.4. The van der Waals surface area contributed by atoms with Crippen LogP contribution in [0, 0.1) is 0 Å². The van der Waals surface area contributed by atoms with E-state index in [4.69, 9.17) is 24.9 Å². The van der Waals surface area contributed by atoms with Crippen LogP contribution in [0.5, 0.6) is 0 Å². The number of fused-ring (bicyclic) bond motifs is 9. The van der Waals surface area contributed by atoms with E-state index in [1.54, 1.807) is 0 Å². The Morgan fingerprint density at radius 1 is 0.317 bits per heavy atom. The number of pyridine rings is 2. The van der Waals surface area contributed by atoms with Crippen LogP contribution in [0.15, 0.2) is 207 Å². The van der Waals surface area contributed by atoms with Crippen molar-refractivity contribution >= 4 is 65.5 Å². The molecule has 0 atom stereocenters. The van der Waals surface area contributed by atoms with Gasteiger partial charge in [-0.15, -0.1) is 0 Å². The zero-order valence-corrected chi connectivity index (χ0v) is 33.7. The number of rotatable bonds is 6. The molecule has 7 aromatic carbocycles. The third-order valence-corrected chi connectivity index (χ3v) is 12.2. The van der Waals surface area contributed by atoms with Crippen molar-refractivity contribution in [1.29, 1.82) is 0 Å². The summed E-state index contributed by atoms with van der Waals surface area (Å²) in [7, 11) is 0. The molecular weight excluding hydrogens is 773 g/mol. The first-order valence-corrected chi connectivity index (χ1v) is 21.0. The molecule has 0 amide bonds. The smallest absolute Gasteiger partial charge is 0.238 e. The second kappa shape index (κ2) is 13.9. The first-order chi connectivity index (χ1) is 31.2. The molecule has 0 bridgehead atoms. The Morgan fingerprint density at radius 2 is 0.778 bits per heavy atom. The molecule has 0 spiro atoms. The standard InChI is InChI=1S/C55H34N8/c1-3-14-35(15-4-1)53-58-54(36-16-5-2-6-17-36)60-55(59-53)63-47-22-11-8-19-42(47)45-31-38(26-28-50(45)63)37-25-27-49-44(30-37)41-18-7-10-21-46(41)61(49)39-32-40(34-56-33-39)62-48-23-12-9-20-43(48)52-51(62)24-13-29-57-52/h1-34H. The quantitative estimate of drug-likeness (QED) is 0.167. The van der Waals surface area contributed by atoms with Gasteiger partial charge >= 0.3 is 0 Å². The molecule has 0 aliphatic carbocycles. The maximum Gasteiger partial charge on any atom is 0.238 e. The van der Waals surface area contributed by atoms with Crippen LogP contribution in [0.25, 0.3) is 117 Å². The van der Waals surface area contributed by atoms with E-state index in [-0.39, 0.29) is 0 Å². The van der Waals surface area contributed by atoms with Gasteiger partial charge in [-0.05, 0) is 71.8 Å². The molecule has 0 aliphatic heterocycles. The average molecular weight is 807 g/mol. The molecule has 0 saturated heterocycles. The normalized spacial score (nSPS) is 11.8. The van der Waals surface area contributed by atoms with Crippen molar-refractivity contribution in [3.63, 3.8) is 0 Å². The van der Waals surface area contributed by atoms with Gasteiger partial charge in [0.2, 0.25) is 5.95 Å². The van der Waals surface area contributed by atoms with Crippen LogP contribution in [0.1, 0.15) is 0 Å². The summed E-state index contributed by atoms with van der Waals surface area (Å²) in [4.78, 5) is 24.8. The lowest BCUT2D eigenvalue weighted by Gasteiger charge is -2.12. The van der Waals surface area contributed by atoms with E-state index < -0.39 is 0 Å². The highest BCUT2D eigenvalue weighted by Crippen LogP contribution is 2.39. The predicted molar refractivity (Wildman–Crippen MR) is 255 cm³/mol. The van der Waals surface area contributed by atoms with Crippen LogP contribution in [-0.4, -0.2) is 38.6 Å². The minimum Gasteiger partial charge on any atom is -0.308 e. The van der Waals surface area contributed by atoms with E-state index in [0.29, 0.717) is 17.6 Å². The van der Waals surface area contributed by atoms with Gasteiger partial charge in [0.05, 0.1) is 62.4 Å². The van der Waals surface area contributed by atoms with Crippen LogP contribution < -0.4 is 0 Å². The Hall–Kier alpha value is -8.75. The summed E-state index contributed by atoms with van der Waals surface area (Å²) >= 11 is 0. The molecule has 8 nitrogen and oxygen atoms in total. The SMILES string of the molecule is c1ccc(-c2nc(-c3ccccc3)nc(-n3c4ccccc4c4cc(-c5ccc6c(c5)c5ccccc5n6-c5cncc(-n6c7ccccc7c7ncccc76)c5)ccc43)n2)cc1. The van der Waals surface area contributed by atoms with Gasteiger partial charge in [-0.3, -0.25) is 14.5 Å². The fraction of sp³-hybridized carbons (Fsp3) is 0. The van der Waals surface area contributed by atoms with Crippen molar-refractivity contribution in [3.8, 4) is 51.2 Å². The highest BCUT2D eigenvalue weighted by molar-refractivity contribution is 6.13. The van der Waals surface area contributed by atoms with E-state index >= 15 is 0 Å². The molecule has 0 fully saturated rings. The van der Waals surface area contributed by atoms with Crippen LogP contribution >= 0.6 is 0 Å². The third-order valence-electron chi connectivity index (χ3n) is 12.2. The second-order valence-electron chi connectivity index (χ2n) is 15.8. The number of hydrogen-bond acceptors (Lipinski definition) is 5. The predicted octanol–water partition coefficient (Wildman–Crippen LogP) is 13.0. The first kappa shape index (κ1) is 35.0. The number of nitrogens with zero attached hydrogens (tertiary/aromatic N) is 8. The van der Waals surface area contributed by atoms with Gasteiger partial charge in [0, 0.05) is 44.3 Å². The largest absolute Gasteiger partial charge is 0.308 e. The minimum atomic E-state index is 0.573. The van der Waals surface area contributed by atoms with Crippen molar-refractivity contribution in [2.75, 3.05) is 0 Å². The molecule has 6 heterocycles. The lowest BCUT2D eigenvalue weighted by Crippen LogP contribution is -2.06. The van der Waals surface area contributed by atoms with E-state index in [1.807, 2.05) is 85.3 Å². The minimum absolute atomic E-state index is 0.573. The summed E-state index contributed by atoms with van der Waals surface area (Å²) in [5, 5.41) is 5.71. The molecule has 0 radical (unpaired) electrons. The van der Waals surface area contributed by atoms with Gasteiger partial charge in [0.1, 0.15) is 0 Å². The number of hydrogen-bond donors (Lipinski definition) is 0. The van der Waals surface area contributed by atoms with Crippen molar-refractivity contribution in [2.24, 2.45) is 0 Å². The van der Waals surface area contributed by atoms with Gasteiger partial charge in [-0.1, -0.05) is 127 Å². The van der Waals surface area contributed by atoms with Crippen molar-refractivity contribution in [1.82, 2.24) is 38.6 Å². The van der Waals surface area contributed by atoms with Gasteiger partial charge in [-0.2, -0.15) is 9.97 Å². The topological polar surface area (TPSA) is 79.2 Å². The molecule has 13 rings (SSSR count). The van der Waals surface area contributed by atoms with Gasteiger partial charge < -0.3 is 9.13 Å². The molecule has 294 valence electrons. The number of para-hydroxylation sites is 3. The maximum absolute atomic E-state index is 5.12. The number of aromatic nitrogens is 8. The van der Waals surface area contributed by atoms with Gasteiger partial charge in [-0.25, -0.2) is 4.98 Å². The van der Waals surface area contributed by atoms with Crippen LogP contribution in [0.3, 0.4) is 0 Å². The van der Waals surface area contributed by atoms with Crippen molar-refractivity contribution in [3.05, 3.63) is 207 Å². The Balaban J connectivity index is 0.959. The van der Waals surface area contributed by atoms with Crippen LogP contribution in [0.2, 0.25) is 0 Å². The van der Waals surface area contributed by atoms with E-state index in [1.165, 1.54) is 10.8 Å². The highest BCUT2D eigenvalue weighted by atomic mass is 15.2. The van der Waals surface area contributed by atoms with Crippen molar-refractivity contribution < 1.29 is 0 Å².